The van der Waals surface area contributed by atoms with Crippen LogP contribution in [-0.2, 0) is 0 Å². The van der Waals surface area contributed by atoms with E-state index in [4.69, 9.17) is 28.0 Å². The molecule has 5 heteroatoms. The Hall–Kier alpha value is -2.01. The molecule has 0 aliphatic heterocycles. The minimum absolute atomic E-state index is 0.103. The summed E-state index contributed by atoms with van der Waals surface area (Å²) in [7, 11) is 0. The van der Waals surface area contributed by atoms with E-state index in [0.29, 0.717) is 10.6 Å². The molecule has 0 heterocycles. The van der Waals surface area contributed by atoms with Crippen molar-refractivity contribution >= 4 is 17.3 Å². The highest BCUT2D eigenvalue weighted by Gasteiger charge is 2.11. The number of hydrogen-bond donors (Lipinski definition) is 2. The summed E-state index contributed by atoms with van der Waals surface area (Å²) in [4.78, 5) is 0. The second kappa shape index (κ2) is 5.18. The molecule has 3 N–H and O–H groups in total. The van der Waals surface area contributed by atoms with E-state index in [0.717, 1.165) is 5.56 Å². The molecule has 0 aromatic heterocycles. The Morgan fingerprint density at radius 3 is 2.44 bits per heavy atom. The van der Waals surface area contributed by atoms with Crippen molar-refractivity contribution in [2.24, 2.45) is 5.84 Å². The van der Waals surface area contributed by atoms with Gasteiger partial charge in [0.25, 0.3) is 0 Å². The fourth-order valence-corrected chi connectivity index (χ4v) is 1.57. The fraction of sp³-hybridized carbons (Fsp3) is 0.0909. The third kappa shape index (κ3) is 2.32. The summed E-state index contributed by atoms with van der Waals surface area (Å²) in [5.41, 5.74) is 3.98. The molecule has 1 aromatic rings. The molecule has 4 nitrogen and oxygen atoms in total. The lowest BCUT2D eigenvalue weighted by Gasteiger charge is -2.09. The molecule has 1 aromatic carbocycles. The van der Waals surface area contributed by atoms with Crippen LogP contribution in [0, 0.1) is 29.6 Å². The van der Waals surface area contributed by atoms with Crippen molar-refractivity contribution in [1.29, 1.82) is 10.5 Å². The lowest BCUT2D eigenvalue weighted by Crippen LogP contribution is -2.21. The molecule has 0 fully saturated rings. The number of aryl methyl sites for hydroxylation is 1. The third-order valence-corrected chi connectivity index (χ3v) is 2.32. The highest BCUT2D eigenvalue weighted by molar-refractivity contribution is 6.32. The SMILES string of the molecule is Cc1ccc(C(NN)=C(C#N)C#N)c(Cl)c1. The Bertz CT molecular complexity index is 504. The molecular weight excluding hydrogens is 224 g/mol. The number of nitrogens with one attached hydrogen (secondary N) is 1. The van der Waals surface area contributed by atoms with Gasteiger partial charge < -0.3 is 5.43 Å². The molecule has 0 saturated heterocycles. The van der Waals surface area contributed by atoms with Crippen molar-refractivity contribution in [2.75, 3.05) is 0 Å². The first-order chi connectivity index (χ1) is 7.63. The van der Waals surface area contributed by atoms with Crippen molar-refractivity contribution < 1.29 is 0 Å². The monoisotopic (exact) mass is 232 g/mol. The van der Waals surface area contributed by atoms with E-state index in [1.165, 1.54) is 0 Å². The van der Waals surface area contributed by atoms with Gasteiger partial charge in [0.15, 0.2) is 5.57 Å². The molecular formula is C11H9ClN4. The summed E-state index contributed by atoms with van der Waals surface area (Å²) in [5.74, 6) is 5.30. The maximum atomic E-state index is 8.77. The second-order valence-electron chi connectivity index (χ2n) is 3.10. The van der Waals surface area contributed by atoms with Crippen molar-refractivity contribution in [2.45, 2.75) is 6.92 Å². The third-order valence-electron chi connectivity index (χ3n) is 2.01. The lowest BCUT2D eigenvalue weighted by atomic mass is 10.1. The first-order valence-corrected chi connectivity index (χ1v) is 4.79. The van der Waals surface area contributed by atoms with Crippen LogP contribution in [0.5, 0.6) is 0 Å². The van der Waals surface area contributed by atoms with E-state index in [-0.39, 0.29) is 11.3 Å². The highest BCUT2D eigenvalue weighted by atomic mass is 35.5. The summed E-state index contributed by atoms with van der Waals surface area (Å²) in [6.07, 6.45) is 0. The molecule has 1 rings (SSSR count). The molecule has 0 spiro atoms. The van der Waals surface area contributed by atoms with Crippen LogP contribution in [0.15, 0.2) is 23.8 Å². The van der Waals surface area contributed by atoms with Gasteiger partial charge in [0, 0.05) is 5.56 Å². The summed E-state index contributed by atoms with van der Waals surface area (Å²) in [6, 6.07) is 8.79. The number of hydrazine groups is 1. The van der Waals surface area contributed by atoms with Crippen molar-refractivity contribution in [3.05, 3.63) is 39.9 Å². The van der Waals surface area contributed by atoms with Crippen molar-refractivity contribution in [1.82, 2.24) is 5.43 Å². The molecule has 0 amide bonds. The van der Waals surface area contributed by atoms with E-state index in [1.54, 1.807) is 24.3 Å². The van der Waals surface area contributed by atoms with Gasteiger partial charge in [0.05, 0.1) is 10.7 Å². The zero-order valence-electron chi connectivity index (χ0n) is 8.58. The largest absolute Gasteiger partial charge is 0.322 e. The molecule has 0 saturated carbocycles. The van der Waals surface area contributed by atoms with Gasteiger partial charge in [-0.2, -0.15) is 10.5 Å². The van der Waals surface area contributed by atoms with Crippen LogP contribution >= 0.6 is 11.6 Å². The molecule has 0 unspecified atom stereocenters. The van der Waals surface area contributed by atoms with E-state index in [1.807, 2.05) is 13.0 Å². The van der Waals surface area contributed by atoms with Gasteiger partial charge in [-0.05, 0) is 18.6 Å². The van der Waals surface area contributed by atoms with E-state index < -0.39 is 0 Å². The van der Waals surface area contributed by atoms with Gasteiger partial charge in [-0.15, -0.1) is 0 Å². The predicted octanol–water partition coefficient (Wildman–Crippen LogP) is 1.87. The standard InChI is InChI=1S/C11H9ClN4/c1-7-2-3-9(10(12)4-7)11(16-15)8(5-13)6-14/h2-4,16H,15H2,1H3. The zero-order chi connectivity index (χ0) is 12.1. The zero-order valence-corrected chi connectivity index (χ0v) is 9.34. The van der Waals surface area contributed by atoms with Gasteiger partial charge in [-0.25, -0.2) is 0 Å². The normalized spacial score (nSPS) is 8.81. The van der Waals surface area contributed by atoms with Crippen LogP contribution in [0.25, 0.3) is 5.70 Å². The topological polar surface area (TPSA) is 85.6 Å². The van der Waals surface area contributed by atoms with E-state index in [2.05, 4.69) is 5.43 Å². The van der Waals surface area contributed by atoms with Crippen LogP contribution in [0.3, 0.4) is 0 Å². The second-order valence-corrected chi connectivity index (χ2v) is 3.51. The predicted molar refractivity (Wildman–Crippen MR) is 61.7 cm³/mol. The van der Waals surface area contributed by atoms with Crippen LogP contribution in [0.2, 0.25) is 5.02 Å². The summed E-state index contributed by atoms with van der Waals surface area (Å²) in [5, 5.41) is 18.0. The molecule has 0 radical (unpaired) electrons. The quantitative estimate of drug-likeness (QED) is 0.463. The number of allylic oxidation sites excluding steroid dienone is 1. The smallest absolute Gasteiger partial charge is 0.154 e. The van der Waals surface area contributed by atoms with Crippen LogP contribution < -0.4 is 11.3 Å². The average Bonchev–Trinajstić information content (AvgIpc) is 2.27. The number of hydrogen-bond acceptors (Lipinski definition) is 4. The molecule has 16 heavy (non-hydrogen) atoms. The number of nitrogens with zero attached hydrogens (tertiary/aromatic N) is 2. The van der Waals surface area contributed by atoms with E-state index >= 15 is 0 Å². The number of benzene rings is 1. The molecule has 80 valence electrons. The first-order valence-electron chi connectivity index (χ1n) is 4.41. The van der Waals surface area contributed by atoms with Gasteiger partial charge in [0.1, 0.15) is 12.1 Å². The summed E-state index contributed by atoms with van der Waals surface area (Å²) < 4.78 is 0. The minimum Gasteiger partial charge on any atom is -0.322 e. The Labute approximate surface area is 98.5 Å². The number of nitrogens with two attached hydrogens (primary N) is 1. The van der Waals surface area contributed by atoms with Crippen LogP contribution in [0.1, 0.15) is 11.1 Å². The average molecular weight is 233 g/mol. The minimum atomic E-state index is -0.103. The maximum Gasteiger partial charge on any atom is 0.154 e. The Morgan fingerprint density at radius 2 is 2.00 bits per heavy atom. The Balaban J connectivity index is 3.43. The molecule has 0 atom stereocenters. The highest BCUT2D eigenvalue weighted by Crippen LogP contribution is 2.24. The van der Waals surface area contributed by atoms with Gasteiger partial charge in [-0.1, -0.05) is 23.7 Å². The van der Waals surface area contributed by atoms with Gasteiger partial charge in [0.2, 0.25) is 0 Å². The fourth-order valence-electron chi connectivity index (χ4n) is 1.24. The Kier molecular flexibility index (Phi) is 3.90. The van der Waals surface area contributed by atoms with Crippen molar-refractivity contribution in [3.63, 3.8) is 0 Å². The number of nitriles is 2. The Morgan fingerprint density at radius 1 is 1.38 bits per heavy atom. The first kappa shape index (κ1) is 12.1. The van der Waals surface area contributed by atoms with Crippen molar-refractivity contribution in [3.8, 4) is 12.1 Å². The van der Waals surface area contributed by atoms with Gasteiger partial charge in [-0.3, -0.25) is 5.84 Å². The lowest BCUT2D eigenvalue weighted by molar-refractivity contribution is 0.987. The summed E-state index contributed by atoms with van der Waals surface area (Å²) >= 11 is 6.01. The van der Waals surface area contributed by atoms with Crippen LogP contribution in [-0.4, -0.2) is 0 Å². The number of halogens is 1. The number of rotatable bonds is 2. The molecule has 0 aliphatic carbocycles. The molecule has 0 aliphatic rings. The van der Waals surface area contributed by atoms with Gasteiger partial charge >= 0.3 is 0 Å². The van der Waals surface area contributed by atoms with E-state index in [9.17, 15) is 0 Å². The van der Waals surface area contributed by atoms with Crippen LogP contribution in [0.4, 0.5) is 0 Å². The molecule has 0 bridgehead atoms. The summed E-state index contributed by atoms with van der Waals surface area (Å²) in [6.45, 7) is 1.89. The maximum absolute atomic E-state index is 8.77.